The highest BCUT2D eigenvalue weighted by Gasteiger charge is 2.54. The molecule has 0 spiro atoms. The van der Waals surface area contributed by atoms with Gasteiger partial charge in [-0.1, -0.05) is 55.8 Å². The second-order valence-corrected chi connectivity index (χ2v) is 11.7. The quantitative estimate of drug-likeness (QED) is 0.465. The van der Waals surface area contributed by atoms with Gasteiger partial charge >= 0.3 is 0 Å². The van der Waals surface area contributed by atoms with E-state index in [-0.39, 0.29) is 35.6 Å². The fraction of sp³-hybridized carbons (Fsp3) is 0.310. The number of rotatable bonds is 8. The van der Waals surface area contributed by atoms with Crippen LogP contribution in [0.25, 0.3) is 11.1 Å². The largest absolute Gasteiger partial charge is 0.340 e. The summed E-state index contributed by atoms with van der Waals surface area (Å²) in [5.74, 6) is -1.07. The van der Waals surface area contributed by atoms with Crippen LogP contribution in [0.4, 0.5) is 0 Å². The molecule has 0 aliphatic carbocycles. The van der Waals surface area contributed by atoms with Gasteiger partial charge in [0.05, 0.1) is 12.6 Å². The zero-order valence-electron chi connectivity index (χ0n) is 21.6. The molecular formula is C29H30N4O5S. The van der Waals surface area contributed by atoms with Crippen molar-refractivity contribution in [3.63, 3.8) is 0 Å². The summed E-state index contributed by atoms with van der Waals surface area (Å²) < 4.78 is 27.6. The monoisotopic (exact) mass is 546 g/mol. The lowest BCUT2D eigenvalue weighted by Crippen LogP contribution is -2.52. The van der Waals surface area contributed by atoms with Gasteiger partial charge in [0.2, 0.25) is 15.9 Å². The molecule has 2 fully saturated rings. The molecule has 0 saturated carbocycles. The number of benzene rings is 2. The van der Waals surface area contributed by atoms with Crippen LogP contribution in [0.2, 0.25) is 0 Å². The van der Waals surface area contributed by atoms with Crippen molar-refractivity contribution in [3.8, 4) is 11.1 Å². The van der Waals surface area contributed by atoms with Gasteiger partial charge in [0.25, 0.3) is 5.91 Å². The van der Waals surface area contributed by atoms with Crippen molar-refractivity contribution >= 4 is 27.6 Å². The molecule has 39 heavy (non-hydrogen) atoms. The van der Waals surface area contributed by atoms with E-state index >= 15 is 0 Å². The summed E-state index contributed by atoms with van der Waals surface area (Å²) in [6.45, 7) is 1.85. The molecule has 3 heterocycles. The average Bonchev–Trinajstić information content (AvgIpc) is 3.55. The number of likely N-dealkylation sites (tertiary alicyclic amines) is 1. The minimum atomic E-state index is -3.94. The molecule has 2 amide bonds. The van der Waals surface area contributed by atoms with Gasteiger partial charge in [0, 0.05) is 24.5 Å². The summed E-state index contributed by atoms with van der Waals surface area (Å²) in [6.07, 6.45) is 4.11. The van der Waals surface area contributed by atoms with Crippen LogP contribution in [0, 0.1) is 0 Å². The normalized spacial score (nSPS) is 20.0. The predicted molar refractivity (Wildman–Crippen MR) is 145 cm³/mol. The van der Waals surface area contributed by atoms with Gasteiger partial charge in [-0.15, -0.1) is 0 Å². The van der Waals surface area contributed by atoms with Crippen LogP contribution in [0.1, 0.15) is 36.5 Å². The number of amides is 2. The smallest absolute Gasteiger partial charge is 0.251 e. The maximum atomic E-state index is 13.6. The molecule has 10 heteroatoms. The first kappa shape index (κ1) is 26.7. The number of hydrogen-bond donors (Lipinski definition) is 1. The minimum absolute atomic E-state index is 0.0117. The van der Waals surface area contributed by atoms with Crippen molar-refractivity contribution < 1.29 is 22.8 Å². The Hall–Kier alpha value is -3.89. The highest BCUT2D eigenvalue weighted by Crippen LogP contribution is 2.34. The molecular weight excluding hydrogens is 516 g/mol. The van der Waals surface area contributed by atoms with Crippen molar-refractivity contribution in [1.29, 1.82) is 0 Å². The molecule has 3 unspecified atom stereocenters. The third-order valence-corrected chi connectivity index (χ3v) is 9.19. The number of ketones is 1. The molecule has 0 radical (unpaired) electrons. The molecule has 3 aromatic rings. The van der Waals surface area contributed by atoms with Crippen molar-refractivity contribution in [2.75, 3.05) is 13.1 Å². The van der Waals surface area contributed by atoms with Gasteiger partial charge in [0.15, 0.2) is 5.78 Å². The van der Waals surface area contributed by atoms with Crippen LogP contribution in [0.3, 0.4) is 0 Å². The van der Waals surface area contributed by atoms with E-state index in [1.165, 1.54) is 33.7 Å². The highest BCUT2D eigenvalue weighted by molar-refractivity contribution is 7.89. The minimum Gasteiger partial charge on any atom is -0.340 e. The molecule has 1 aromatic heterocycles. The van der Waals surface area contributed by atoms with E-state index in [4.69, 9.17) is 0 Å². The van der Waals surface area contributed by atoms with Gasteiger partial charge in [-0.05, 0) is 48.2 Å². The van der Waals surface area contributed by atoms with E-state index < -0.39 is 28.1 Å². The van der Waals surface area contributed by atoms with Crippen LogP contribution in [0.15, 0.2) is 84.0 Å². The Balaban J connectivity index is 1.30. The zero-order valence-corrected chi connectivity index (χ0v) is 22.4. The van der Waals surface area contributed by atoms with Gasteiger partial charge < -0.3 is 10.2 Å². The van der Waals surface area contributed by atoms with E-state index in [0.29, 0.717) is 24.8 Å². The summed E-state index contributed by atoms with van der Waals surface area (Å²) >= 11 is 0. The topological polar surface area (TPSA) is 117 Å². The Labute approximate surface area is 227 Å². The number of nitrogens with zero attached hydrogens (tertiary/aromatic N) is 3. The number of carbonyl (C=O) groups excluding carboxylic acids is 3. The fourth-order valence-electron chi connectivity index (χ4n) is 5.41. The third kappa shape index (κ3) is 5.22. The molecule has 9 nitrogen and oxygen atoms in total. The molecule has 0 bridgehead atoms. The fourth-order valence-corrected chi connectivity index (χ4v) is 7.00. The second-order valence-electron chi connectivity index (χ2n) is 9.80. The molecule has 1 N–H and O–H groups in total. The number of carbonyl (C=O) groups is 3. The highest BCUT2D eigenvalue weighted by atomic mass is 32.2. The number of fused-ring (bicyclic) bond motifs is 1. The first-order valence-electron chi connectivity index (χ1n) is 13.0. The summed E-state index contributed by atoms with van der Waals surface area (Å²) in [4.78, 5) is 45.1. The predicted octanol–water partition coefficient (Wildman–Crippen LogP) is 2.89. The van der Waals surface area contributed by atoms with Crippen LogP contribution in [-0.4, -0.2) is 71.4 Å². The molecule has 5 rings (SSSR count). The van der Waals surface area contributed by atoms with Gasteiger partial charge in [-0.25, -0.2) is 8.42 Å². The van der Waals surface area contributed by atoms with Crippen LogP contribution >= 0.6 is 0 Å². The van der Waals surface area contributed by atoms with E-state index in [2.05, 4.69) is 10.3 Å². The summed E-state index contributed by atoms with van der Waals surface area (Å²) in [6, 6.07) is 17.6. The number of nitrogens with one attached hydrogen (secondary N) is 1. The standard InChI is InChI=1S/C29H30N4O5S/c1-2-7-24(31-28(35)22-13-11-21(12-14-22)20-8-4-3-5-9-20)29(36)32-17-15-25-27(32)26(34)19-33(25)39(37,38)23-10-6-16-30-18-23/h3-6,8-14,16,18,24-25,27H,2,7,15,17,19H2,1H3,(H,31,35). The number of hydrogen-bond acceptors (Lipinski definition) is 6. The molecule has 2 aliphatic heterocycles. The molecule has 3 atom stereocenters. The van der Waals surface area contributed by atoms with Gasteiger partial charge in [-0.3, -0.25) is 19.4 Å². The number of sulfonamides is 1. The number of Topliss-reactive ketones (excluding diaryl/α,β-unsaturated/α-hetero) is 1. The lowest BCUT2D eigenvalue weighted by molar-refractivity contribution is -0.138. The van der Waals surface area contributed by atoms with E-state index in [9.17, 15) is 22.8 Å². The van der Waals surface area contributed by atoms with Crippen molar-refractivity contribution in [2.24, 2.45) is 0 Å². The molecule has 2 aliphatic rings. The van der Waals surface area contributed by atoms with Crippen molar-refractivity contribution in [2.45, 2.75) is 49.2 Å². The lowest BCUT2D eigenvalue weighted by Gasteiger charge is -2.28. The Kier molecular flexibility index (Phi) is 7.58. The summed E-state index contributed by atoms with van der Waals surface area (Å²) in [7, 11) is -3.94. The van der Waals surface area contributed by atoms with Crippen LogP contribution < -0.4 is 5.32 Å². The van der Waals surface area contributed by atoms with E-state index in [1.54, 1.807) is 12.1 Å². The zero-order chi connectivity index (χ0) is 27.6. The van der Waals surface area contributed by atoms with Crippen LogP contribution in [-0.2, 0) is 19.6 Å². The molecule has 2 saturated heterocycles. The maximum absolute atomic E-state index is 13.6. The van der Waals surface area contributed by atoms with Crippen LogP contribution in [0.5, 0.6) is 0 Å². The third-order valence-electron chi connectivity index (χ3n) is 7.34. The Morgan fingerprint density at radius 1 is 1.03 bits per heavy atom. The lowest BCUT2D eigenvalue weighted by atomic mass is 10.0. The average molecular weight is 547 g/mol. The van der Waals surface area contributed by atoms with Gasteiger partial charge in [-0.2, -0.15) is 4.31 Å². The molecule has 2 aromatic carbocycles. The Morgan fingerprint density at radius 2 is 1.74 bits per heavy atom. The second kappa shape index (κ2) is 11.1. The summed E-state index contributed by atoms with van der Waals surface area (Å²) in [5, 5.41) is 2.85. The maximum Gasteiger partial charge on any atom is 0.251 e. The van der Waals surface area contributed by atoms with Crippen molar-refractivity contribution in [1.82, 2.24) is 19.5 Å². The Morgan fingerprint density at radius 3 is 2.41 bits per heavy atom. The van der Waals surface area contributed by atoms with Gasteiger partial charge in [0.1, 0.15) is 17.0 Å². The summed E-state index contributed by atoms with van der Waals surface area (Å²) in [5.41, 5.74) is 2.43. The Bertz CT molecular complexity index is 1460. The SMILES string of the molecule is CCCC(NC(=O)c1ccc(-c2ccccc2)cc1)C(=O)N1CCC2C1C(=O)CN2S(=O)(=O)c1cccnc1. The molecule has 202 valence electrons. The van der Waals surface area contributed by atoms with Crippen molar-refractivity contribution in [3.05, 3.63) is 84.7 Å². The number of pyridine rings is 1. The first-order valence-corrected chi connectivity index (χ1v) is 14.5. The van der Waals surface area contributed by atoms with E-state index in [0.717, 1.165) is 11.1 Å². The first-order chi connectivity index (χ1) is 18.8. The number of aromatic nitrogens is 1. The van der Waals surface area contributed by atoms with E-state index in [1.807, 2.05) is 49.4 Å².